The molecule has 1 aliphatic heterocycles. The van der Waals surface area contributed by atoms with Crippen molar-refractivity contribution in [2.75, 3.05) is 44.4 Å². The summed E-state index contributed by atoms with van der Waals surface area (Å²) in [6.45, 7) is 11.5. The topological polar surface area (TPSA) is 72.6 Å². The van der Waals surface area contributed by atoms with Crippen molar-refractivity contribution in [2.24, 2.45) is 0 Å². The zero-order chi connectivity index (χ0) is 22.6. The van der Waals surface area contributed by atoms with Crippen LogP contribution in [0.3, 0.4) is 0 Å². The third-order valence-electron chi connectivity index (χ3n) is 5.78. The highest BCUT2D eigenvalue weighted by molar-refractivity contribution is 6.76. The largest absolute Gasteiger partial charge is 0.396 e. The van der Waals surface area contributed by atoms with Crippen molar-refractivity contribution in [3.05, 3.63) is 42.1 Å². The van der Waals surface area contributed by atoms with Gasteiger partial charge in [-0.3, -0.25) is 0 Å². The summed E-state index contributed by atoms with van der Waals surface area (Å²) in [7, 11) is -1.13. The molecular formula is C24H34N4O3Si. The van der Waals surface area contributed by atoms with Gasteiger partial charge in [0.2, 0.25) is 0 Å². The Bertz CT molecular complexity index is 1040. The van der Waals surface area contributed by atoms with Gasteiger partial charge >= 0.3 is 0 Å². The highest BCUT2D eigenvalue weighted by atomic mass is 28.3. The molecule has 7 nitrogen and oxygen atoms in total. The second-order valence-electron chi connectivity index (χ2n) is 9.52. The Morgan fingerprint density at radius 1 is 1.12 bits per heavy atom. The van der Waals surface area contributed by atoms with Gasteiger partial charge in [-0.25, -0.2) is 9.67 Å². The number of morpholine rings is 1. The number of hydrogen-bond donors (Lipinski definition) is 1. The molecule has 0 radical (unpaired) electrons. The van der Waals surface area contributed by atoms with Gasteiger partial charge in [0.1, 0.15) is 18.2 Å². The Morgan fingerprint density at radius 3 is 2.69 bits per heavy atom. The molecule has 0 atom stereocenters. The van der Waals surface area contributed by atoms with Crippen LogP contribution in [-0.2, 0) is 22.6 Å². The molecule has 2 aromatic heterocycles. The maximum atomic E-state index is 9.41. The molecule has 0 bridgehead atoms. The molecule has 0 saturated carbocycles. The maximum absolute atomic E-state index is 9.41. The van der Waals surface area contributed by atoms with Crippen LogP contribution in [0.4, 0.5) is 5.82 Å². The van der Waals surface area contributed by atoms with Crippen LogP contribution in [0.1, 0.15) is 5.56 Å². The predicted octanol–water partition coefficient (Wildman–Crippen LogP) is 3.78. The van der Waals surface area contributed by atoms with Crippen molar-refractivity contribution < 1.29 is 14.6 Å². The molecule has 1 aliphatic rings. The zero-order valence-electron chi connectivity index (χ0n) is 19.4. The summed E-state index contributed by atoms with van der Waals surface area (Å²) in [5.41, 5.74) is 4.10. The van der Waals surface area contributed by atoms with E-state index < -0.39 is 8.07 Å². The lowest BCUT2D eigenvalue weighted by atomic mass is 10.0. The maximum Gasteiger partial charge on any atom is 0.140 e. The van der Waals surface area contributed by atoms with E-state index in [4.69, 9.17) is 14.6 Å². The third kappa shape index (κ3) is 5.56. The first-order chi connectivity index (χ1) is 15.4. The van der Waals surface area contributed by atoms with E-state index in [1.165, 1.54) is 0 Å². The van der Waals surface area contributed by atoms with Gasteiger partial charge in [-0.2, -0.15) is 5.10 Å². The number of fused-ring (bicyclic) bond motifs is 1. The Morgan fingerprint density at radius 2 is 1.94 bits per heavy atom. The van der Waals surface area contributed by atoms with E-state index in [1.54, 1.807) is 0 Å². The monoisotopic (exact) mass is 454 g/mol. The highest BCUT2D eigenvalue weighted by Crippen LogP contribution is 2.31. The first kappa shape index (κ1) is 22.9. The number of nitrogens with zero attached hydrogens (tertiary/aromatic N) is 4. The van der Waals surface area contributed by atoms with Crippen LogP contribution in [0, 0.1) is 0 Å². The number of aliphatic hydroxyl groups is 1. The van der Waals surface area contributed by atoms with Crippen LogP contribution in [0.25, 0.3) is 22.2 Å². The zero-order valence-corrected chi connectivity index (χ0v) is 20.4. The average molecular weight is 455 g/mol. The van der Waals surface area contributed by atoms with E-state index in [0.29, 0.717) is 13.2 Å². The lowest BCUT2D eigenvalue weighted by molar-refractivity contribution is 0.0818. The SMILES string of the molecule is C[Si](C)(C)CCOCn1nc(-c2ccnc(N3CCOCC3)c2)c2cc(CCO)ccc21. The van der Waals surface area contributed by atoms with Crippen molar-refractivity contribution in [2.45, 2.75) is 38.8 Å². The summed E-state index contributed by atoms with van der Waals surface area (Å²) < 4.78 is 13.4. The van der Waals surface area contributed by atoms with E-state index in [1.807, 2.05) is 16.9 Å². The third-order valence-corrected chi connectivity index (χ3v) is 7.48. The predicted molar refractivity (Wildman–Crippen MR) is 131 cm³/mol. The molecule has 0 spiro atoms. The molecule has 4 rings (SSSR count). The molecule has 8 heteroatoms. The van der Waals surface area contributed by atoms with Crippen molar-refractivity contribution in [1.82, 2.24) is 14.8 Å². The highest BCUT2D eigenvalue weighted by Gasteiger charge is 2.18. The van der Waals surface area contributed by atoms with Crippen LogP contribution in [0.5, 0.6) is 0 Å². The fourth-order valence-electron chi connectivity index (χ4n) is 3.88. The lowest BCUT2D eigenvalue weighted by Gasteiger charge is -2.27. The Kier molecular flexibility index (Phi) is 7.25. The summed E-state index contributed by atoms with van der Waals surface area (Å²) in [6.07, 6.45) is 2.48. The van der Waals surface area contributed by atoms with E-state index >= 15 is 0 Å². The average Bonchev–Trinajstić information content (AvgIpc) is 3.15. The molecule has 0 unspecified atom stereocenters. The minimum Gasteiger partial charge on any atom is -0.396 e. The summed E-state index contributed by atoms with van der Waals surface area (Å²) >= 11 is 0. The van der Waals surface area contributed by atoms with Gasteiger partial charge in [0.25, 0.3) is 0 Å². The van der Waals surface area contributed by atoms with Crippen LogP contribution in [0.15, 0.2) is 36.5 Å². The summed E-state index contributed by atoms with van der Waals surface area (Å²) in [6, 6.07) is 11.5. The van der Waals surface area contributed by atoms with Crippen LogP contribution in [-0.4, -0.2) is 67.5 Å². The molecule has 1 saturated heterocycles. The molecule has 1 N–H and O–H groups in total. The first-order valence-electron chi connectivity index (χ1n) is 11.4. The van der Waals surface area contributed by atoms with Gasteiger partial charge in [0.05, 0.1) is 18.7 Å². The molecule has 1 aromatic carbocycles. The van der Waals surface area contributed by atoms with Gasteiger partial charge in [-0.15, -0.1) is 0 Å². The van der Waals surface area contributed by atoms with Gasteiger partial charge in [0, 0.05) is 51.5 Å². The normalized spacial score (nSPS) is 14.9. The molecule has 1 fully saturated rings. The molecular weight excluding hydrogens is 420 g/mol. The fourth-order valence-corrected chi connectivity index (χ4v) is 4.64. The molecule has 172 valence electrons. The van der Waals surface area contributed by atoms with E-state index in [-0.39, 0.29) is 6.61 Å². The molecule has 0 aliphatic carbocycles. The number of ether oxygens (including phenoxy) is 2. The molecule has 0 amide bonds. The smallest absolute Gasteiger partial charge is 0.140 e. The molecule has 3 heterocycles. The minimum atomic E-state index is -1.13. The van der Waals surface area contributed by atoms with Crippen molar-refractivity contribution in [3.63, 3.8) is 0 Å². The minimum absolute atomic E-state index is 0.130. The Labute approximate surface area is 191 Å². The number of anilines is 1. The summed E-state index contributed by atoms with van der Waals surface area (Å²) in [5, 5.41) is 15.4. The number of aliphatic hydroxyl groups excluding tert-OH is 1. The van der Waals surface area contributed by atoms with E-state index in [2.05, 4.69) is 53.8 Å². The van der Waals surface area contributed by atoms with Crippen LogP contribution in [0.2, 0.25) is 25.7 Å². The standard InChI is InChI=1S/C24H34N4O3Si/c1-32(2,3)15-14-31-18-28-22-5-4-19(7-11-29)16-21(22)24(26-28)20-6-8-25-23(17-20)27-9-12-30-13-10-27/h4-6,8,16-17,29H,7,9-15,18H2,1-3H3. The summed E-state index contributed by atoms with van der Waals surface area (Å²) in [5.74, 6) is 0.950. The second kappa shape index (κ2) is 10.1. The molecule has 32 heavy (non-hydrogen) atoms. The lowest BCUT2D eigenvalue weighted by Crippen LogP contribution is -2.36. The number of aromatic nitrogens is 3. The Balaban J connectivity index is 1.66. The van der Waals surface area contributed by atoms with Crippen molar-refractivity contribution >= 4 is 24.8 Å². The van der Waals surface area contributed by atoms with Crippen LogP contribution >= 0.6 is 0 Å². The van der Waals surface area contributed by atoms with Crippen molar-refractivity contribution in [1.29, 1.82) is 0 Å². The number of rotatable bonds is 9. The quantitative estimate of drug-likeness (QED) is 0.392. The molecule has 3 aromatic rings. The van der Waals surface area contributed by atoms with E-state index in [0.717, 1.165) is 72.5 Å². The second-order valence-corrected chi connectivity index (χ2v) is 15.1. The first-order valence-corrected chi connectivity index (χ1v) is 15.1. The van der Waals surface area contributed by atoms with Gasteiger partial charge in [-0.1, -0.05) is 25.7 Å². The fraction of sp³-hybridized carbons (Fsp3) is 0.500. The number of pyridine rings is 1. The Hall–Kier alpha value is -2.26. The van der Waals surface area contributed by atoms with Gasteiger partial charge < -0.3 is 19.5 Å². The van der Waals surface area contributed by atoms with Crippen molar-refractivity contribution in [3.8, 4) is 11.3 Å². The van der Waals surface area contributed by atoms with E-state index in [9.17, 15) is 5.11 Å². The summed E-state index contributed by atoms with van der Waals surface area (Å²) in [4.78, 5) is 6.84. The number of hydrogen-bond acceptors (Lipinski definition) is 6. The van der Waals surface area contributed by atoms with Crippen LogP contribution < -0.4 is 4.90 Å². The van der Waals surface area contributed by atoms with Gasteiger partial charge in [0.15, 0.2) is 0 Å². The van der Waals surface area contributed by atoms with Gasteiger partial charge in [-0.05, 0) is 42.3 Å². The number of benzene rings is 1.